The molecule has 1 unspecified atom stereocenters. The second kappa shape index (κ2) is 8.33. The molecule has 0 radical (unpaired) electrons. The van der Waals surface area contributed by atoms with Crippen molar-refractivity contribution in [2.75, 3.05) is 18.4 Å². The molecule has 1 atom stereocenters. The average Bonchev–Trinajstić information content (AvgIpc) is 2.61. The monoisotopic (exact) mass is 398 g/mol. The third-order valence-electron chi connectivity index (χ3n) is 4.46. The first-order valence-corrected chi connectivity index (χ1v) is 9.10. The number of anilines is 1. The van der Waals surface area contributed by atoms with Crippen molar-refractivity contribution < 1.29 is 13.6 Å². The number of hydrogen-bond acceptors (Lipinski definition) is 2. The van der Waals surface area contributed by atoms with E-state index < -0.39 is 11.6 Å². The van der Waals surface area contributed by atoms with Gasteiger partial charge in [0, 0.05) is 19.2 Å². The molecule has 2 aromatic rings. The largest absolute Gasteiger partial charge is 0.323 e. The molecule has 0 saturated carbocycles. The minimum atomic E-state index is -0.776. The van der Waals surface area contributed by atoms with Gasteiger partial charge < -0.3 is 5.32 Å². The Morgan fingerprint density at radius 1 is 1.15 bits per heavy atom. The van der Waals surface area contributed by atoms with Gasteiger partial charge in [-0.3, -0.25) is 9.69 Å². The van der Waals surface area contributed by atoms with Crippen LogP contribution in [0.1, 0.15) is 18.4 Å². The van der Waals surface area contributed by atoms with Crippen molar-refractivity contribution in [2.45, 2.75) is 19.4 Å². The summed E-state index contributed by atoms with van der Waals surface area (Å²) in [7, 11) is 0. The number of likely N-dealkylation sites (tertiary alicyclic amines) is 1. The molecule has 1 aliphatic heterocycles. The van der Waals surface area contributed by atoms with Gasteiger partial charge in [0.05, 0.1) is 21.7 Å². The summed E-state index contributed by atoms with van der Waals surface area (Å²) >= 11 is 12.0. The summed E-state index contributed by atoms with van der Waals surface area (Å²) < 4.78 is 26.7. The molecule has 138 valence electrons. The highest BCUT2D eigenvalue weighted by Crippen LogP contribution is 2.25. The molecule has 0 bridgehead atoms. The predicted molar refractivity (Wildman–Crippen MR) is 99.5 cm³/mol. The van der Waals surface area contributed by atoms with E-state index in [0.717, 1.165) is 37.1 Å². The van der Waals surface area contributed by atoms with Gasteiger partial charge in [-0.2, -0.15) is 0 Å². The molecule has 1 amide bonds. The Bertz CT molecular complexity index is 816. The van der Waals surface area contributed by atoms with Gasteiger partial charge in [-0.05, 0) is 49.2 Å². The Morgan fingerprint density at radius 2 is 1.96 bits per heavy atom. The van der Waals surface area contributed by atoms with Crippen molar-refractivity contribution in [3.8, 4) is 0 Å². The highest BCUT2D eigenvalue weighted by molar-refractivity contribution is 6.42. The topological polar surface area (TPSA) is 32.3 Å². The van der Waals surface area contributed by atoms with Gasteiger partial charge in [0.1, 0.15) is 11.6 Å². The molecular formula is C19H18Cl2F2N2O. The highest BCUT2D eigenvalue weighted by atomic mass is 35.5. The van der Waals surface area contributed by atoms with Gasteiger partial charge in [-0.25, -0.2) is 8.78 Å². The zero-order chi connectivity index (χ0) is 18.7. The summed E-state index contributed by atoms with van der Waals surface area (Å²) in [5.74, 6) is -1.96. The van der Waals surface area contributed by atoms with E-state index >= 15 is 0 Å². The number of benzene rings is 2. The highest BCUT2D eigenvalue weighted by Gasteiger charge is 2.26. The molecule has 1 aliphatic rings. The maximum Gasteiger partial charge on any atom is 0.228 e. The van der Waals surface area contributed by atoms with Crippen molar-refractivity contribution in [3.05, 3.63) is 63.6 Å². The maximum absolute atomic E-state index is 13.7. The third-order valence-corrected chi connectivity index (χ3v) is 5.19. The lowest BCUT2D eigenvalue weighted by Gasteiger charge is -2.32. The number of piperidine rings is 1. The molecule has 1 N–H and O–H groups in total. The lowest BCUT2D eigenvalue weighted by Crippen LogP contribution is -2.40. The van der Waals surface area contributed by atoms with Gasteiger partial charge in [-0.1, -0.05) is 29.3 Å². The van der Waals surface area contributed by atoms with Crippen molar-refractivity contribution in [3.63, 3.8) is 0 Å². The predicted octanol–water partition coefficient (Wildman–Crippen LogP) is 5.12. The summed E-state index contributed by atoms with van der Waals surface area (Å²) in [5.41, 5.74) is 1.02. The Morgan fingerprint density at radius 3 is 2.69 bits per heavy atom. The molecule has 0 aliphatic carbocycles. The first-order valence-electron chi connectivity index (χ1n) is 8.34. The standard InChI is InChI=1S/C19H18Cl2F2N2O/c20-15-5-3-12(8-16(15)21)10-25-7-1-2-13(11-25)19(26)24-18-6-4-14(22)9-17(18)23/h3-6,8-9,13H,1-2,7,10-11H2,(H,24,26). The van der Waals surface area contributed by atoms with Crippen molar-refractivity contribution in [1.29, 1.82) is 0 Å². The normalized spacial score (nSPS) is 17.9. The Labute approximate surface area is 160 Å². The molecule has 3 rings (SSSR count). The molecule has 0 aromatic heterocycles. The fourth-order valence-corrected chi connectivity index (χ4v) is 3.46. The van der Waals surface area contributed by atoms with Crippen LogP contribution in [0.2, 0.25) is 10.0 Å². The third kappa shape index (κ3) is 4.72. The molecule has 26 heavy (non-hydrogen) atoms. The summed E-state index contributed by atoms with van der Waals surface area (Å²) in [4.78, 5) is 14.6. The molecule has 2 aromatic carbocycles. The zero-order valence-corrected chi connectivity index (χ0v) is 15.5. The second-order valence-corrected chi connectivity index (χ2v) is 7.25. The minimum Gasteiger partial charge on any atom is -0.323 e. The lowest BCUT2D eigenvalue weighted by molar-refractivity contribution is -0.121. The van der Waals surface area contributed by atoms with Crippen LogP contribution in [-0.2, 0) is 11.3 Å². The maximum atomic E-state index is 13.7. The fraction of sp³-hybridized carbons (Fsp3) is 0.316. The SMILES string of the molecule is O=C(Nc1ccc(F)cc1F)C1CCCN(Cc2ccc(Cl)c(Cl)c2)C1. The number of hydrogen-bond donors (Lipinski definition) is 1. The summed E-state index contributed by atoms with van der Waals surface area (Å²) in [6, 6.07) is 8.60. The Balaban J connectivity index is 1.62. The van der Waals surface area contributed by atoms with E-state index in [0.29, 0.717) is 23.1 Å². The molecule has 0 spiro atoms. The number of rotatable bonds is 4. The van der Waals surface area contributed by atoms with E-state index in [2.05, 4.69) is 10.2 Å². The zero-order valence-electron chi connectivity index (χ0n) is 13.9. The second-order valence-electron chi connectivity index (χ2n) is 6.44. The molecule has 3 nitrogen and oxygen atoms in total. The fourth-order valence-electron chi connectivity index (χ4n) is 3.13. The number of amides is 1. The van der Waals surface area contributed by atoms with E-state index in [1.807, 2.05) is 12.1 Å². The smallest absolute Gasteiger partial charge is 0.228 e. The molecule has 1 saturated heterocycles. The van der Waals surface area contributed by atoms with E-state index in [9.17, 15) is 13.6 Å². The van der Waals surface area contributed by atoms with Crippen LogP contribution in [0.4, 0.5) is 14.5 Å². The number of carbonyl (C=O) groups is 1. The van der Waals surface area contributed by atoms with Crippen LogP contribution >= 0.6 is 23.2 Å². The summed E-state index contributed by atoms with van der Waals surface area (Å²) in [6.45, 7) is 2.09. The number of halogens is 4. The number of nitrogens with zero attached hydrogens (tertiary/aromatic N) is 1. The summed E-state index contributed by atoms with van der Waals surface area (Å²) in [5, 5.41) is 3.57. The van der Waals surface area contributed by atoms with Crippen LogP contribution in [-0.4, -0.2) is 23.9 Å². The van der Waals surface area contributed by atoms with Gasteiger partial charge in [0.2, 0.25) is 5.91 Å². The van der Waals surface area contributed by atoms with Gasteiger partial charge >= 0.3 is 0 Å². The van der Waals surface area contributed by atoms with Crippen LogP contribution in [0.5, 0.6) is 0 Å². The van der Waals surface area contributed by atoms with Crippen molar-refractivity contribution in [1.82, 2.24) is 4.90 Å². The van der Waals surface area contributed by atoms with Crippen molar-refractivity contribution >= 4 is 34.8 Å². The average molecular weight is 399 g/mol. The first-order chi connectivity index (χ1) is 12.4. The van der Waals surface area contributed by atoms with Crippen LogP contribution in [0.25, 0.3) is 0 Å². The Kier molecular flexibility index (Phi) is 6.12. The van der Waals surface area contributed by atoms with Crippen LogP contribution in [0.3, 0.4) is 0 Å². The van der Waals surface area contributed by atoms with Crippen LogP contribution in [0, 0.1) is 17.6 Å². The number of carbonyl (C=O) groups excluding carboxylic acids is 1. The van der Waals surface area contributed by atoms with E-state index in [-0.39, 0.29) is 17.5 Å². The molecular weight excluding hydrogens is 381 g/mol. The van der Waals surface area contributed by atoms with E-state index in [1.54, 1.807) is 6.07 Å². The number of nitrogens with one attached hydrogen (secondary N) is 1. The minimum absolute atomic E-state index is 0.00185. The van der Waals surface area contributed by atoms with Crippen molar-refractivity contribution in [2.24, 2.45) is 5.92 Å². The lowest BCUT2D eigenvalue weighted by atomic mass is 9.96. The molecule has 1 heterocycles. The quantitative estimate of drug-likeness (QED) is 0.774. The van der Waals surface area contributed by atoms with Crippen LogP contribution in [0.15, 0.2) is 36.4 Å². The molecule has 1 fully saturated rings. The van der Waals surface area contributed by atoms with Gasteiger partial charge in [-0.15, -0.1) is 0 Å². The first kappa shape index (κ1) is 19.1. The van der Waals surface area contributed by atoms with E-state index in [1.165, 1.54) is 6.07 Å². The Hall–Kier alpha value is -1.69. The van der Waals surface area contributed by atoms with E-state index in [4.69, 9.17) is 23.2 Å². The summed E-state index contributed by atoms with van der Waals surface area (Å²) in [6.07, 6.45) is 1.60. The van der Waals surface area contributed by atoms with Crippen LogP contribution < -0.4 is 5.32 Å². The van der Waals surface area contributed by atoms with Gasteiger partial charge in [0.15, 0.2) is 0 Å². The van der Waals surface area contributed by atoms with Gasteiger partial charge in [0.25, 0.3) is 0 Å². The molecule has 7 heteroatoms.